The fraction of sp³-hybridized carbons (Fsp3) is 1.00. The largest absolute Gasteiger partial charge is 0.364 e. The molecule has 0 aliphatic rings. The molecule has 2 nitrogen and oxygen atoms in total. The summed E-state index contributed by atoms with van der Waals surface area (Å²) in [6, 6.07) is 0. The second-order valence-corrected chi connectivity index (χ2v) is 3.61. The van der Waals surface area contributed by atoms with Crippen molar-refractivity contribution < 1.29 is 32.8 Å². The van der Waals surface area contributed by atoms with Gasteiger partial charge in [-0.05, 0) is 13.8 Å². The van der Waals surface area contributed by atoms with Gasteiger partial charge in [-0.15, -0.1) is 0 Å². The zero-order valence-corrected chi connectivity index (χ0v) is 8.21. The average molecular weight is 241 g/mol. The molecule has 0 N–H and O–H groups in total. The third kappa shape index (κ3) is 12.1. The maximum absolute atomic E-state index is 12.0. The fourth-order valence-electron chi connectivity index (χ4n) is 0.377. The summed E-state index contributed by atoms with van der Waals surface area (Å²) >= 11 is 0. The summed E-state index contributed by atoms with van der Waals surface area (Å²) in [5.74, 6) is 0. The molecule has 0 fully saturated rings. The Labute approximate surface area is 67.5 Å². The van der Waals surface area contributed by atoms with Gasteiger partial charge in [0.15, 0.2) is 0 Å². The van der Waals surface area contributed by atoms with Gasteiger partial charge in [-0.3, -0.25) is 4.57 Å². The molecular formula is C4H10FO2PRu. The average Bonchev–Trinajstić information content (AvgIpc) is 1.21. The topological polar surface area (TPSA) is 26.3 Å². The number of hydrogen-bond acceptors (Lipinski definition) is 2. The van der Waals surface area contributed by atoms with E-state index in [1.807, 2.05) is 0 Å². The molecule has 0 aliphatic carbocycles. The Morgan fingerprint density at radius 1 is 1.56 bits per heavy atom. The Balaban J connectivity index is 0. The summed E-state index contributed by atoms with van der Waals surface area (Å²) in [6.07, 6.45) is -0.296. The molecule has 0 aromatic rings. The van der Waals surface area contributed by atoms with Crippen molar-refractivity contribution in [1.82, 2.24) is 0 Å². The van der Waals surface area contributed by atoms with Gasteiger partial charge in [0.05, 0.1) is 6.10 Å². The molecule has 0 bridgehead atoms. The Morgan fingerprint density at radius 3 is 1.89 bits per heavy atom. The van der Waals surface area contributed by atoms with E-state index in [0.29, 0.717) is 0 Å². The zero-order valence-electron chi connectivity index (χ0n) is 5.57. The van der Waals surface area contributed by atoms with Gasteiger partial charge in [0.25, 0.3) is 0 Å². The van der Waals surface area contributed by atoms with Crippen LogP contribution in [-0.4, -0.2) is 12.8 Å². The molecule has 0 heterocycles. The monoisotopic (exact) mass is 242 g/mol. The molecule has 0 aromatic carbocycles. The molecule has 0 aromatic heterocycles. The second-order valence-electron chi connectivity index (χ2n) is 1.90. The maximum atomic E-state index is 12.0. The van der Waals surface area contributed by atoms with Crippen LogP contribution in [0.15, 0.2) is 0 Å². The third-order valence-electron chi connectivity index (χ3n) is 0.399. The minimum absolute atomic E-state index is 0. The van der Waals surface area contributed by atoms with Crippen LogP contribution in [0.4, 0.5) is 4.20 Å². The summed E-state index contributed by atoms with van der Waals surface area (Å²) in [7, 11) is -3.72. The number of rotatable bonds is 2. The van der Waals surface area contributed by atoms with Crippen LogP contribution in [0.1, 0.15) is 13.8 Å². The van der Waals surface area contributed by atoms with Gasteiger partial charge in [0, 0.05) is 26.1 Å². The molecule has 0 amide bonds. The number of hydrogen-bond donors (Lipinski definition) is 0. The van der Waals surface area contributed by atoms with E-state index >= 15 is 0 Å². The first-order valence-corrected chi connectivity index (χ1v) is 4.33. The van der Waals surface area contributed by atoms with Crippen molar-refractivity contribution in [3.8, 4) is 0 Å². The van der Waals surface area contributed by atoms with Crippen molar-refractivity contribution in [1.29, 1.82) is 0 Å². The molecule has 9 heavy (non-hydrogen) atoms. The van der Waals surface area contributed by atoms with E-state index in [-0.39, 0.29) is 25.6 Å². The second kappa shape index (κ2) is 4.54. The van der Waals surface area contributed by atoms with Crippen molar-refractivity contribution in [3.05, 3.63) is 0 Å². The van der Waals surface area contributed by atoms with Gasteiger partial charge >= 0.3 is 7.68 Å². The summed E-state index contributed by atoms with van der Waals surface area (Å²) in [5, 5.41) is 0. The van der Waals surface area contributed by atoms with Crippen LogP contribution in [0.3, 0.4) is 0 Å². The summed E-state index contributed by atoms with van der Waals surface area (Å²) < 4.78 is 26.4. The predicted molar refractivity (Wildman–Crippen MR) is 30.9 cm³/mol. The summed E-state index contributed by atoms with van der Waals surface area (Å²) in [4.78, 5) is 0. The van der Waals surface area contributed by atoms with E-state index in [9.17, 15) is 8.76 Å². The normalized spacial score (nSPS) is 16.6. The minimum atomic E-state index is -3.72. The smallest absolute Gasteiger partial charge is 0.303 e. The van der Waals surface area contributed by atoms with Crippen molar-refractivity contribution in [2.24, 2.45) is 0 Å². The van der Waals surface area contributed by atoms with E-state index in [4.69, 9.17) is 0 Å². The Bertz CT molecular complexity index is 111. The van der Waals surface area contributed by atoms with Gasteiger partial charge in [-0.25, -0.2) is 0 Å². The first kappa shape index (κ1) is 12.4. The van der Waals surface area contributed by atoms with Gasteiger partial charge in [0.2, 0.25) is 0 Å². The first-order valence-electron chi connectivity index (χ1n) is 2.37. The quantitative estimate of drug-likeness (QED) is 0.547. The van der Waals surface area contributed by atoms with Crippen LogP contribution in [0.5, 0.6) is 0 Å². The molecule has 58 valence electrons. The molecule has 1 unspecified atom stereocenters. The zero-order chi connectivity index (χ0) is 6.78. The van der Waals surface area contributed by atoms with Gasteiger partial charge < -0.3 is 4.52 Å². The van der Waals surface area contributed by atoms with Crippen molar-refractivity contribution in [2.75, 3.05) is 6.66 Å². The van der Waals surface area contributed by atoms with Gasteiger partial charge in [-0.1, -0.05) is 0 Å². The molecule has 1 atom stereocenters. The van der Waals surface area contributed by atoms with Crippen molar-refractivity contribution in [2.45, 2.75) is 20.0 Å². The van der Waals surface area contributed by atoms with E-state index in [1.165, 1.54) is 0 Å². The Hall–Kier alpha value is 0.743. The van der Waals surface area contributed by atoms with Crippen LogP contribution >= 0.6 is 7.68 Å². The van der Waals surface area contributed by atoms with Crippen LogP contribution in [0, 0.1) is 0 Å². The molecule has 0 saturated carbocycles. The Kier molecular flexibility index (Phi) is 6.27. The van der Waals surface area contributed by atoms with Crippen molar-refractivity contribution in [3.63, 3.8) is 0 Å². The summed E-state index contributed by atoms with van der Waals surface area (Å²) in [5.41, 5.74) is 0. The van der Waals surface area contributed by atoms with E-state index in [1.54, 1.807) is 13.8 Å². The van der Waals surface area contributed by atoms with E-state index in [2.05, 4.69) is 4.52 Å². The van der Waals surface area contributed by atoms with Gasteiger partial charge in [0.1, 0.15) is 0 Å². The van der Waals surface area contributed by atoms with E-state index in [0.717, 1.165) is 6.66 Å². The van der Waals surface area contributed by atoms with Crippen LogP contribution in [0.25, 0.3) is 0 Å². The standard InChI is InChI=1S/C4H10FO2P.Ru/c1-4(2)7-8(3,5)6;/h4H,1-3H3;. The molecule has 5 heteroatoms. The maximum Gasteiger partial charge on any atom is 0.364 e. The molecule has 0 radical (unpaired) electrons. The Morgan fingerprint density at radius 2 is 1.89 bits per heavy atom. The molecule has 0 saturated heterocycles. The molecule has 0 rings (SSSR count). The first-order chi connectivity index (χ1) is 3.42. The predicted octanol–water partition coefficient (Wildman–Crippen LogP) is 2.20. The summed E-state index contributed by atoms with van der Waals surface area (Å²) in [6.45, 7) is 4.22. The molecule has 0 spiro atoms. The SMILES string of the molecule is CC(C)OP(C)(=O)F.[Ru]. The van der Waals surface area contributed by atoms with Crippen molar-refractivity contribution >= 4 is 7.68 Å². The minimum Gasteiger partial charge on any atom is -0.303 e. The van der Waals surface area contributed by atoms with E-state index < -0.39 is 7.68 Å². The van der Waals surface area contributed by atoms with Gasteiger partial charge in [-0.2, -0.15) is 4.20 Å². The fourth-order valence-corrected chi connectivity index (χ4v) is 1.13. The van der Waals surface area contributed by atoms with Crippen LogP contribution in [-0.2, 0) is 28.6 Å². The van der Waals surface area contributed by atoms with Crippen LogP contribution < -0.4 is 0 Å². The van der Waals surface area contributed by atoms with Crippen LogP contribution in [0.2, 0.25) is 0 Å². The number of halogens is 1. The molecular weight excluding hydrogens is 231 g/mol. The third-order valence-corrected chi connectivity index (χ3v) is 1.20. The molecule has 0 aliphatic heterocycles.